The number of benzene rings is 2. The number of rotatable bonds is 7. The summed E-state index contributed by atoms with van der Waals surface area (Å²) in [4.78, 5) is 17.8. The lowest BCUT2D eigenvalue weighted by Gasteiger charge is -2.18. The number of ketones is 1. The van der Waals surface area contributed by atoms with Crippen molar-refractivity contribution in [3.8, 4) is 28.3 Å². The lowest BCUT2D eigenvalue weighted by Crippen LogP contribution is -2.18. The van der Waals surface area contributed by atoms with Gasteiger partial charge in [0.2, 0.25) is 0 Å². The zero-order valence-electron chi connectivity index (χ0n) is 19.6. The van der Waals surface area contributed by atoms with Gasteiger partial charge in [0, 0.05) is 37.4 Å². The summed E-state index contributed by atoms with van der Waals surface area (Å²) >= 11 is 0. The molecule has 1 fully saturated rings. The Labute approximate surface area is 197 Å². The average molecular weight is 461 g/mol. The number of aliphatic hydroxyl groups excluding tert-OH is 1. The number of carbonyl (C=O) groups is 1. The van der Waals surface area contributed by atoms with E-state index < -0.39 is 6.10 Å². The number of carbonyl (C=O) groups excluding carboxylic acids is 1. The van der Waals surface area contributed by atoms with E-state index in [4.69, 9.17) is 9.47 Å². The van der Waals surface area contributed by atoms with Crippen LogP contribution in [0.4, 0.5) is 0 Å². The van der Waals surface area contributed by atoms with E-state index in [2.05, 4.69) is 10.1 Å². The lowest BCUT2D eigenvalue weighted by molar-refractivity contribution is 0.0862. The molecule has 1 aliphatic carbocycles. The third-order valence-electron chi connectivity index (χ3n) is 6.70. The Hall–Kier alpha value is -3.65. The van der Waals surface area contributed by atoms with Crippen molar-refractivity contribution in [1.82, 2.24) is 19.3 Å². The zero-order valence-corrected chi connectivity index (χ0v) is 19.6. The fraction of sp³-hybridized carbons (Fsp3) is 0.346. The molecule has 0 unspecified atom stereocenters. The molecule has 2 aromatic carbocycles. The van der Waals surface area contributed by atoms with Crippen LogP contribution in [0, 0.1) is 5.92 Å². The monoisotopic (exact) mass is 460 g/mol. The number of imidazole rings is 1. The van der Waals surface area contributed by atoms with Crippen molar-refractivity contribution in [2.24, 2.45) is 13.0 Å². The van der Waals surface area contributed by atoms with E-state index in [9.17, 15) is 9.90 Å². The van der Waals surface area contributed by atoms with Gasteiger partial charge in [-0.3, -0.25) is 14.0 Å². The molecule has 2 aromatic heterocycles. The molecule has 0 aliphatic heterocycles. The Morgan fingerprint density at radius 3 is 2.50 bits per heavy atom. The SMILES string of the molecule is COc1cc(-n2cnc3cc(-c4cnn(C)c4)ccc32)cc(OC)c1C(=O)C[C@@H]1CCC[C@H]1O. The predicted octanol–water partition coefficient (Wildman–Crippen LogP) is 4.18. The predicted molar refractivity (Wildman–Crippen MR) is 129 cm³/mol. The summed E-state index contributed by atoms with van der Waals surface area (Å²) in [5.74, 6) is 0.789. The van der Waals surface area contributed by atoms with Gasteiger partial charge < -0.3 is 14.6 Å². The third kappa shape index (κ3) is 3.94. The van der Waals surface area contributed by atoms with Crippen LogP contribution in [0.5, 0.6) is 11.5 Å². The number of methoxy groups -OCH3 is 2. The minimum absolute atomic E-state index is 0.0202. The molecular formula is C26H28N4O4. The summed E-state index contributed by atoms with van der Waals surface area (Å²) in [7, 11) is 4.99. The number of hydrogen-bond acceptors (Lipinski definition) is 6. The van der Waals surface area contributed by atoms with Gasteiger partial charge in [-0.1, -0.05) is 12.5 Å². The molecule has 34 heavy (non-hydrogen) atoms. The molecule has 0 radical (unpaired) electrons. The van der Waals surface area contributed by atoms with E-state index in [0.29, 0.717) is 17.1 Å². The molecule has 2 atom stereocenters. The first kappa shape index (κ1) is 22.2. The van der Waals surface area contributed by atoms with E-state index in [-0.39, 0.29) is 18.1 Å². The topological polar surface area (TPSA) is 91.4 Å². The first-order chi connectivity index (χ1) is 16.5. The molecule has 0 bridgehead atoms. The fourth-order valence-corrected chi connectivity index (χ4v) is 4.88. The van der Waals surface area contributed by atoms with Gasteiger partial charge in [0.25, 0.3) is 0 Å². The molecule has 0 spiro atoms. The number of aliphatic hydroxyl groups is 1. The van der Waals surface area contributed by atoms with Crippen molar-refractivity contribution < 1.29 is 19.4 Å². The Balaban J connectivity index is 1.52. The van der Waals surface area contributed by atoms with Crippen molar-refractivity contribution in [1.29, 1.82) is 0 Å². The van der Waals surface area contributed by atoms with Crippen LogP contribution >= 0.6 is 0 Å². The van der Waals surface area contributed by atoms with Crippen molar-refractivity contribution in [2.45, 2.75) is 31.8 Å². The molecule has 1 saturated carbocycles. The highest BCUT2D eigenvalue weighted by Gasteiger charge is 2.30. The number of Topliss-reactive ketones (excluding diaryl/α,β-unsaturated/α-hetero) is 1. The third-order valence-corrected chi connectivity index (χ3v) is 6.70. The van der Waals surface area contributed by atoms with Crippen molar-refractivity contribution in [3.05, 3.63) is 54.6 Å². The molecule has 8 heteroatoms. The highest BCUT2D eigenvalue weighted by Crippen LogP contribution is 2.37. The smallest absolute Gasteiger partial charge is 0.170 e. The van der Waals surface area contributed by atoms with Crippen LogP contribution in [-0.4, -0.2) is 50.5 Å². The second-order valence-corrected chi connectivity index (χ2v) is 8.83. The van der Waals surface area contributed by atoms with Crippen LogP contribution < -0.4 is 9.47 Å². The maximum Gasteiger partial charge on any atom is 0.170 e. The zero-order chi connectivity index (χ0) is 23.8. The maximum absolute atomic E-state index is 13.2. The molecule has 2 heterocycles. The first-order valence-corrected chi connectivity index (χ1v) is 11.4. The number of ether oxygens (including phenoxy) is 2. The molecule has 1 N–H and O–H groups in total. The minimum atomic E-state index is -0.422. The average Bonchev–Trinajstić information content (AvgIpc) is 3.57. The Bertz CT molecular complexity index is 1330. The number of nitrogens with zero attached hydrogens (tertiary/aromatic N) is 4. The van der Waals surface area contributed by atoms with Gasteiger partial charge >= 0.3 is 0 Å². The van der Waals surface area contributed by atoms with Crippen LogP contribution in [0.1, 0.15) is 36.0 Å². The molecule has 176 valence electrons. The van der Waals surface area contributed by atoms with Gasteiger partial charge in [-0.05, 0) is 36.5 Å². The van der Waals surface area contributed by atoms with Gasteiger partial charge in [0.15, 0.2) is 5.78 Å². The standard InChI is InChI=1S/C26H28N4O4/c1-29-14-18(13-28-29)16-7-8-21-20(9-16)27-15-30(21)19-11-24(33-2)26(25(12-19)34-3)23(32)10-17-5-4-6-22(17)31/h7-9,11-15,17,22,31H,4-6,10H2,1-3H3/t17-,22+/m0/s1. The van der Waals surface area contributed by atoms with Crippen LogP contribution in [0.25, 0.3) is 27.8 Å². The summed E-state index contributed by atoms with van der Waals surface area (Å²) in [5, 5.41) is 14.4. The van der Waals surface area contributed by atoms with Gasteiger partial charge in [0.05, 0.1) is 43.2 Å². The summed E-state index contributed by atoms with van der Waals surface area (Å²) in [5.41, 5.74) is 5.02. The van der Waals surface area contributed by atoms with E-state index >= 15 is 0 Å². The molecule has 0 saturated heterocycles. The van der Waals surface area contributed by atoms with Crippen molar-refractivity contribution >= 4 is 16.8 Å². The maximum atomic E-state index is 13.2. The van der Waals surface area contributed by atoms with Gasteiger partial charge in [0.1, 0.15) is 23.4 Å². The number of aryl methyl sites for hydroxylation is 1. The van der Waals surface area contributed by atoms with E-state index in [1.807, 2.05) is 54.3 Å². The van der Waals surface area contributed by atoms with Gasteiger partial charge in [-0.2, -0.15) is 5.10 Å². The summed E-state index contributed by atoms with van der Waals surface area (Å²) in [6, 6.07) is 9.75. The number of hydrogen-bond donors (Lipinski definition) is 1. The van der Waals surface area contributed by atoms with E-state index in [1.165, 1.54) is 0 Å². The Morgan fingerprint density at radius 1 is 1.12 bits per heavy atom. The Morgan fingerprint density at radius 2 is 1.88 bits per heavy atom. The number of aromatic nitrogens is 4. The molecule has 0 amide bonds. The molecule has 8 nitrogen and oxygen atoms in total. The second-order valence-electron chi connectivity index (χ2n) is 8.83. The van der Waals surface area contributed by atoms with E-state index in [0.717, 1.165) is 47.1 Å². The largest absolute Gasteiger partial charge is 0.496 e. The fourth-order valence-electron chi connectivity index (χ4n) is 4.88. The highest BCUT2D eigenvalue weighted by molar-refractivity contribution is 6.02. The Kier molecular flexibility index (Phi) is 5.83. The van der Waals surface area contributed by atoms with Gasteiger partial charge in [-0.15, -0.1) is 0 Å². The molecular weight excluding hydrogens is 432 g/mol. The van der Waals surface area contributed by atoms with Crippen molar-refractivity contribution in [2.75, 3.05) is 14.2 Å². The normalized spacial score (nSPS) is 17.9. The van der Waals surface area contributed by atoms with Crippen LogP contribution in [0.2, 0.25) is 0 Å². The highest BCUT2D eigenvalue weighted by atomic mass is 16.5. The number of fused-ring (bicyclic) bond motifs is 1. The summed E-state index contributed by atoms with van der Waals surface area (Å²) in [6.07, 6.45) is 7.96. The second kappa shape index (κ2) is 8.95. The minimum Gasteiger partial charge on any atom is -0.496 e. The molecule has 1 aliphatic rings. The van der Waals surface area contributed by atoms with Crippen LogP contribution in [0.15, 0.2) is 49.1 Å². The summed E-state index contributed by atoms with van der Waals surface area (Å²) in [6.45, 7) is 0. The van der Waals surface area contributed by atoms with Crippen LogP contribution in [0.3, 0.4) is 0 Å². The first-order valence-electron chi connectivity index (χ1n) is 11.4. The molecule has 5 rings (SSSR count). The van der Waals surface area contributed by atoms with Gasteiger partial charge in [-0.25, -0.2) is 4.98 Å². The van der Waals surface area contributed by atoms with E-state index in [1.54, 1.807) is 25.2 Å². The summed E-state index contributed by atoms with van der Waals surface area (Å²) < 4.78 is 15.0. The quantitative estimate of drug-likeness (QED) is 0.416. The lowest BCUT2D eigenvalue weighted by atomic mass is 9.94. The van der Waals surface area contributed by atoms with Crippen LogP contribution in [-0.2, 0) is 7.05 Å². The molecule has 4 aromatic rings. The van der Waals surface area contributed by atoms with Crippen molar-refractivity contribution in [3.63, 3.8) is 0 Å².